The number of hydrogen-bond donors (Lipinski definition) is 3. The number of hydrogen-bond acceptors (Lipinski definition) is 9. The van der Waals surface area contributed by atoms with E-state index in [2.05, 4.69) is 35.8 Å². The Bertz CT molecular complexity index is 1150. The molecule has 34 heavy (non-hydrogen) atoms. The van der Waals surface area contributed by atoms with Crippen LogP contribution in [0.3, 0.4) is 0 Å². The third-order valence-electron chi connectivity index (χ3n) is 4.86. The van der Waals surface area contributed by atoms with Crippen molar-refractivity contribution in [3.63, 3.8) is 0 Å². The molecule has 14 heteroatoms. The number of halogens is 2. The van der Waals surface area contributed by atoms with E-state index in [1.54, 1.807) is 0 Å². The van der Waals surface area contributed by atoms with E-state index in [-0.39, 0.29) is 24.8 Å². The first-order valence-electron chi connectivity index (χ1n) is 9.96. The Morgan fingerprint density at radius 1 is 1.26 bits per heavy atom. The molecular formula is C20H21Cl2N7O4S. The number of pyridine rings is 1. The minimum absolute atomic E-state index is 0. The minimum Gasteiger partial charge on any atom is -0.446 e. The molecule has 1 atom stereocenters. The first kappa shape index (κ1) is 25.6. The lowest BCUT2D eigenvalue weighted by molar-refractivity contribution is -0.136. The van der Waals surface area contributed by atoms with Crippen molar-refractivity contribution in [2.75, 3.05) is 25.5 Å². The molecule has 3 N–H and O–H groups in total. The number of nitrogens with zero attached hydrogens (tertiary/aromatic N) is 4. The molecule has 0 saturated heterocycles. The van der Waals surface area contributed by atoms with Crippen LogP contribution in [-0.4, -0.2) is 57.7 Å². The van der Waals surface area contributed by atoms with E-state index in [4.69, 9.17) is 16.0 Å². The summed E-state index contributed by atoms with van der Waals surface area (Å²) in [5.41, 5.74) is 0.931. The van der Waals surface area contributed by atoms with Gasteiger partial charge in [-0.2, -0.15) is 0 Å². The van der Waals surface area contributed by atoms with Crippen LogP contribution >= 0.6 is 35.3 Å². The normalized spacial score (nSPS) is 13.8. The van der Waals surface area contributed by atoms with E-state index in [1.165, 1.54) is 42.3 Å². The van der Waals surface area contributed by atoms with E-state index < -0.39 is 23.8 Å². The molecule has 0 bridgehead atoms. The van der Waals surface area contributed by atoms with Crippen molar-refractivity contribution in [1.82, 2.24) is 30.5 Å². The second kappa shape index (κ2) is 11.4. The summed E-state index contributed by atoms with van der Waals surface area (Å²) in [6.07, 6.45) is 4.78. The van der Waals surface area contributed by atoms with Crippen molar-refractivity contribution in [2.45, 2.75) is 19.0 Å². The molecule has 0 aromatic carbocycles. The molecule has 0 saturated carbocycles. The molecule has 0 spiro atoms. The van der Waals surface area contributed by atoms with Crippen LogP contribution in [0, 0.1) is 0 Å². The smallest absolute Gasteiger partial charge is 0.314 e. The number of aromatic nitrogens is 3. The highest BCUT2D eigenvalue weighted by Gasteiger charge is 2.25. The van der Waals surface area contributed by atoms with Crippen molar-refractivity contribution in [3.8, 4) is 0 Å². The number of likely N-dealkylation sites (N-methyl/N-ethyl adjacent to an activating group) is 1. The Labute approximate surface area is 209 Å². The van der Waals surface area contributed by atoms with Gasteiger partial charge in [0.05, 0.1) is 16.9 Å². The number of rotatable bonds is 6. The predicted molar refractivity (Wildman–Crippen MR) is 127 cm³/mol. The summed E-state index contributed by atoms with van der Waals surface area (Å²) in [7, 11) is 2.02. The van der Waals surface area contributed by atoms with Crippen LogP contribution in [0.4, 0.5) is 5.82 Å². The highest BCUT2D eigenvalue weighted by Crippen LogP contribution is 2.25. The molecule has 3 aromatic rings. The van der Waals surface area contributed by atoms with Gasteiger partial charge in [0.15, 0.2) is 11.4 Å². The Balaban J connectivity index is 0.00000324. The molecule has 1 aliphatic heterocycles. The Morgan fingerprint density at radius 2 is 2.09 bits per heavy atom. The molecule has 3 amide bonds. The fourth-order valence-electron chi connectivity index (χ4n) is 3.16. The van der Waals surface area contributed by atoms with Crippen molar-refractivity contribution in [3.05, 3.63) is 57.3 Å². The van der Waals surface area contributed by atoms with Gasteiger partial charge in [0.25, 0.3) is 5.91 Å². The van der Waals surface area contributed by atoms with Crippen LogP contribution in [0.15, 0.2) is 35.3 Å². The average Bonchev–Trinajstić information content (AvgIpc) is 3.47. The maximum Gasteiger partial charge on any atom is 0.314 e. The topological polar surface area (TPSA) is 142 Å². The highest BCUT2D eigenvalue weighted by atomic mass is 35.5. The lowest BCUT2D eigenvalue weighted by Crippen LogP contribution is -2.42. The standard InChI is InChI=1S/C20H20ClN7O4S.ClH/c1-28-5-4-12-15(9-28)33-20(26-12)19(31)25-13(14-8-22-10-32-14)7-24-17(29)18(30)27-16-3-2-11(21)6-23-16;/h2-3,6,8,10,13H,4-5,7,9H2,1H3,(H,24,29)(H,25,31)(H,23,27,30);1H/t13-;/m0./s1. The first-order valence-corrected chi connectivity index (χ1v) is 11.2. The molecule has 0 radical (unpaired) electrons. The zero-order valence-corrected chi connectivity index (χ0v) is 20.3. The van der Waals surface area contributed by atoms with E-state index in [9.17, 15) is 14.4 Å². The number of carbonyl (C=O) groups is 3. The second-order valence-corrected chi connectivity index (χ2v) is 8.85. The van der Waals surface area contributed by atoms with Gasteiger partial charge in [-0.25, -0.2) is 15.0 Å². The molecule has 1 aliphatic rings. The van der Waals surface area contributed by atoms with Gasteiger partial charge >= 0.3 is 11.8 Å². The maximum atomic E-state index is 12.8. The monoisotopic (exact) mass is 525 g/mol. The lowest BCUT2D eigenvalue weighted by atomic mass is 10.2. The summed E-state index contributed by atoms with van der Waals surface area (Å²) in [4.78, 5) is 52.7. The van der Waals surface area contributed by atoms with Crippen LogP contribution < -0.4 is 16.0 Å². The van der Waals surface area contributed by atoms with Gasteiger partial charge in [0.2, 0.25) is 0 Å². The van der Waals surface area contributed by atoms with Gasteiger partial charge in [-0.15, -0.1) is 23.7 Å². The zero-order chi connectivity index (χ0) is 23.4. The zero-order valence-electron chi connectivity index (χ0n) is 17.9. The quantitative estimate of drug-likeness (QED) is 0.413. The molecule has 3 aromatic heterocycles. The second-order valence-electron chi connectivity index (χ2n) is 7.33. The number of nitrogens with one attached hydrogen (secondary N) is 3. The SMILES string of the molecule is CN1CCc2nc(C(=O)N[C@@H](CNC(=O)C(=O)Nc3ccc(Cl)cn3)c3cnco3)sc2C1.Cl. The first-order chi connectivity index (χ1) is 15.9. The summed E-state index contributed by atoms with van der Waals surface area (Å²) in [5, 5.41) is 8.38. The van der Waals surface area contributed by atoms with Crippen LogP contribution in [0.2, 0.25) is 5.02 Å². The molecule has 11 nitrogen and oxygen atoms in total. The van der Waals surface area contributed by atoms with Crippen molar-refractivity contribution in [1.29, 1.82) is 0 Å². The average molecular weight is 526 g/mol. The number of thiazole rings is 1. The summed E-state index contributed by atoms with van der Waals surface area (Å²) >= 11 is 7.10. The summed E-state index contributed by atoms with van der Waals surface area (Å²) in [5.74, 6) is -1.72. The summed E-state index contributed by atoms with van der Waals surface area (Å²) < 4.78 is 5.30. The van der Waals surface area contributed by atoms with Crippen molar-refractivity contribution < 1.29 is 18.8 Å². The largest absolute Gasteiger partial charge is 0.446 e. The molecule has 0 unspecified atom stereocenters. The number of oxazole rings is 1. The molecule has 0 aliphatic carbocycles. The Hall–Kier alpha value is -3.06. The number of anilines is 1. The Morgan fingerprint density at radius 3 is 2.79 bits per heavy atom. The minimum atomic E-state index is -0.913. The molecule has 180 valence electrons. The fraction of sp³-hybridized carbons (Fsp3) is 0.300. The van der Waals surface area contributed by atoms with Gasteiger partial charge in [0, 0.05) is 37.1 Å². The lowest BCUT2D eigenvalue weighted by Gasteiger charge is -2.20. The van der Waals surface area contributed by atoms with Gasteiger partial charge in [0.1, 0.15) is 17.6 Å². The molecule has 4 rings (SSSR count). The molecule has 0 fully saturated rings. The predicted octanol–water partition coefficient (Wildman–Crippen LogP) is 1.82. The molecular weight excluding hydrogens is 505 g/mol. The number of carbonyl (C=O) groups excluding carboxylic acids is 3. The fourth-order valence-corrected chi connectivity index (χ4v) is 4.36. The van der Waals surface area contributed by atoms with E-state index in [1.807, 2.05) is 7.05 Å². The molecule has 4 heterocycles. The Kier molecular flexibility index (Phi) is 8.56. The van der Waals surface area contributed by atoms with Crippen molar-refractivity contribution in [2.24, 2.45) is 0 Å². The van der Waals surface area contributed by atoms with E-state index >= 15 is 0 Å². The summed E-state index contributed by atoms with van der Waals surface area (Å²) in [6.45, 7) is 1.53. The van der Waals surface area contributed by atoms with Crippen LogP contribution in [0.25, 0.3) is 0 Å². The van der Waals surface area contributed by atoms with Crippen molar-refractivity contribution >= 4 is 58.9 Å². The van der Waals surface area contributed by atoms with E-state index in [0.717, 1.165) is 30.1 Å². The number of fused-ring (bicyclic) bond motifs is 1. The van der Waals surface area contributed by atoms with Gasteiger partial charge < -0.3 is 25.3 Å². The van der Waals surface area contributed by atoms with Crippen LogP contribution in [-0.2, 0) is 22.6 Å². The van der Waals surface area contributed by atoms with Gasteiger partial charge in [-0.1, -0.05) is 11.6 Å². The van der Waals surface area contributed by atoms with Gasteiger partial charge in [-0.05, 0) is 19.2 Å². The van der Waals surface area contributed by atoms with Gasteiger partial charge in [-0.3, -0.25) is 14.4 Å². The van der Waals surface area contributed by atoms with Crippen LogP contribution in [0.5, 0.6) is 0 Å². The van der Waals surface area contributed by atoms with E-state index in [0.29, 0.717) is 15.8 Å². The number of amides is 3. The maximum absolute atomic E-state index is 12.8. The van der Waals surface area contributed by atoms with Crippen LogP contribution in [0.1, 0.15) is 32.2 Å². The summed E-state index contributed by atoms with van der Waals surface area (Å²) in [6, 6.07) is 2.25. The third-order valence-corrected chi connectivity index (χ3v) is 6.16. The highest BCUT2D eigenvalue weighted by molar-refractivity contribution is 7.13. The third kappa shape index (κ3) is 6.29.